The second kappa shape index (κ2) is 7.54. The molecule has 3 N–H and O–H groups in total. The number of alkyl halides is 3. The number of carbonyl (C=O) groups excluding carboxylic acids is 1. The van der Waals surface area contributed by atoms with Crippen molar-refractivity contribution in [2.75, 3.05) is 18.8 Å². The maximum absolute atomic E-state index is 13.7. The number of rotatable bonds is 3. The molecule has 4 rings (SSSR count). The van der Waals surface area contributed by atoms with Gasteiger partial charge in [0, 0.05) is 24.7 Å². The Bertz CT molecular complexity index is 1130. The summed E-state index contributed by atoms with van der Waals surface area (Å²) in [5.74, 6) is -0.328. The molecule has 166 valence electrons. The first-order valence-electron chi connectivity index (χ1n) is 10.0. The van der Waals surface area contributed by atoms with Crippen LogP contribution in [0.25, 0.3) is 11.0 Å². The number of carbonyl (C=O) groups is 1. The van der Waals surface area contributed by atoms with E-state index in [0.29, 0.717) is 36.4 Å². The van der Waals surface area contributed by atoms with Gasteiger partial charge in [-0.25, -0.2) is 4.98 Å². The Morgan fingerprint density at radius 3 is 2.81 bits per heavy atom. The number of aryl methyl sites for hydroxylation is 1. The Labute approximate surface area is 176 Å². The molecule has 0 unspecified atom stereocenters. The number of fused-ring (bicyclic) bond motifs is 1. The highest BCUT2D eigenvalue weighted by molar-refractivity contribution is 5.96. The lowest BCUT2D eigenvalue weighted by atomic mass is 9.92. The van der Waals surface area contributed by atoms with Gasteiger partial charge in [0.05, 0.1) is 16.6 Å². The number of nitrogens with one attached hydrogen (secondary N) is 1. The normalized spacial score (nSPS) is 17.6. The minimum absolute atomic E-state index is 0.000490. The maximum Gasteiger partial charge on any atom is 0.417 e. The molecule has 3 aromatic rings. The minimum Gasteiger partial charge on any atom is -0.383 e. The molecular formula is C20H23F3N6O2. The molecule has 1 saturated heterocycles. The van der Waals surface area contributed by atoms with Crippen LogP contribution in [-0.4, -0.2) is 44.2 Å². The number of halogens is 3. The van der Waals surface area contributed by atoms with Gasteiger partial charge in [-0.3, -0.25) is 9.89 Å². The first-order chi connectivity index (χ1) is 14.6. The molecule has 0 spiro atoms. The number of aromatic amines is 1. The number of likely N-dealkylation sites (tertiary alicyclic amines) is 1. The Morgan fingerprint density at radius 1 is 1.39 bits per heavy atom. The average Bonchev–Trinajstić information content (AvgIpc) is 3.29. The van der Waals surface area contributed by atoms with Gasteiger partial charge < -0.3 is 15.2 Å². The molecule has 0 bridgehead atoms. The minimum atomic E-state index is -4.61. The van der Waals surface area contributed by atoms with Gasteiger partial charge in [0.1, 0.15) is 17.1 Å². The van der Waals surface area contributed by atoms with Gasteiger partial charge in [0.25, 0.3) is 5.91 Å². The fourth-order valence-corrected chi connectivity index (χ4v) is 4.10. The number of H-pyrrole nitrogens is 1. The van der Waals surface area contributed by atoms with Gasteiger partial charge in [-0.15, -0.1) is 0 Å². The van der Waals surface area contributed by atoms with E-state index in [1.165, 1.54) is 0 Å². The van der Waals surface area contributed by atoms with Crippen LogP contribution in [0, 0.1) is 6.92 Å². The van der Waals surface area contributed by atoms with E-state index >= 15 is 0 Å². The van der Waals surface area contributed by atoms with E-state index in [4.69, 9.17) is 10.3 Å². The fraction of sp³-hybridized carbons (Fsp3) is 0.500. The summed E-state index contributed by atoms with van der Waals surface area (Å²) in [6, 6.07) is 1.02. The number of anilines is 1. The third kappa shape index (κ3) is 3.72. The molecule has 0 saturated carbocycles. The highest BCUT2D eigenvalue weighted by Gasteiger charge is 2.37. The molecule has 1 aliphatic heterocycles. The van der Waals surface area contributed by atoms with E-state index < -0.39 is 11.7 Å². The third-order valence-electron chi connectivity index (χ3n) is 5.65. The van der Waals surface area contributed by atoms with Crippen molar-refractivity contribution < 1.29 is 22.5 Å². The van der Waals surface area contributed by atoms with Crippen LogP contribution in [0.1, 0.15) is 71.6 Å². The summed E-state index contributed by atoms with van der Waals surface area (Å²) in [6.07, 6.45) is -3.36. The summed E-state index contributed by atoms with van der Waals surface area (Å²) in [5.41, 5.74) is 5.94. The summed E-state index contributed by atoms with van der Waals surface area (Å²) in [6.45, 7) is 6.26. The highest BCUT2D eigenvalue weighted by atomic mass is 19.4. The number of nitrogens with zero attached hydrogens (tertiary/aromatic N) is 4. The van der Waals surface area contributed by atoms with Crippen LogP contribution >= 0.6 is 0 Å². The molecule has 1 aliphatic rings. The van der Waals surface area contributed by atoms with Crippen molar-refractivity contribution >= 4 is 22.8 Å². The number of nitrogen functional groups attached to an aromatic ring is 1. The van der Waals surface area contributed by atoms with Crippen LogP contribution in [-0.2, 0) is 6.18 Å². The largest absolute Gasteiger partial charge is 0.417 e. The summed E-state index contributed by atoms with van der Waals surface area (Å²) in [4.78, 5) is 19.2. The number of nitrogens with two attached hydrogens (primary N) is 1. The first kappa shape index (κ1) is 21.1. The van der Waals surface area contributed by atoms with Crippen LogP contribution in [0.4, 0.5) is 19.0 Å². The van der Waals surface area contributed by atoms with E-state index in [1.807, 2.05) is 13.8 Å². The number of hydrogen-bond acceptors (Lipinski definition) is 6. The fourth-order valence-electron chi connectivity index (χ4n) is 4.10. The van der Waals surface area contributed by atoms with E-state index in [9.17, 15) is 18.0 Å². The number of hydrogen-bond donors (Lipinski definition) is 2. The van der Waals surface area contributed by atoms with Gasteiger partial charge in [0.15, 0.2) is 5.65 Å². The summed E-state index contributed by atoms with van der Waals surface area (Å²) in [5, 5.41) is 9.96. The van der Waals surface area contributed by atoms with Crippen molar-refractivity contribution in [2.45, 2.75) is 51.6 Å². The topological polar surface area (TPSA) is 114 Å². The predicted octanol–water partition coefficient (Wildman–Crippen LogP) is 4.00. The summed E-state index contributed by atoms with van der Waals surface area (Å²) < 4.78 is 46.2. The summed E-state index contributed by atoms with van der Waals surface area (Å²) in [7, 11) is 0. The zero-order valence-electron chi connectivity index (χ0n) is 17.4. The van der Waals surface area contributed by atoms with E-state index in [2.05, 4.69) is 20.3 Å². The van der Waals surface area contributed by atoms with Crippen molar-refractivity contribution in [3.63, 3.8) is 0 Å². The van der Waals surface area contributed by atoms with Crippen molar-refractivity contribution in [1.82, 2.24) is 25.2 Å². The molecule has 31 heavy (non-hydrogen) atoms. The van der Waals surface area contributed by atoms with E-state index in [0.717, 1.165) is 6.07 Å². The van der Waals surface area contributed by atoms with Crippen molar-refractivity contribution in [1.29, 1.82) is 0 Å². The second-order valence-corrected chi connectivity index (χ2v) is 8.17. The molecule has 0 aromatic carbocycles. The van der Waals surface area contributed by atoms with Gasteiger partial charge in [-0.05, 0) is 31.7 Å². The Balaban J connectivity index is 1.67. The van der Waals surface area contributed by atoms with Gasteiger partial charge in [-0.1, -0.05) is 19.0 Å². The molecule has 1 fully saturated rings. The SMILES string of the molecule is Cc1onc(C(C)C)c1C(=O)N1CCC[C@@H](c2cc(C(F)(F)F)c3c(N)[nH]nc3n2)C1. The van der Waals surface area contributed by atoms with Crippen molar-refractivity contribution in [2.24, 2.45) is 0 Å². The quantitative estimate of drug-likeness (QED) is 0.642. The first-order valence-corrected chi connectivity index (χ1v) is 10.0. The monoisotopic (exact) mass is 436 g/mol. The molecule has 1 atom stereocenters. The lowest BCUT2D eigenvalue weighted by Crippen LogP contribution is -2.40. The van der Waals surface area contributed by atoms with Crippen molar-refractivity contribution in [3.05, 3.63) is 34.3 Å². The molecule has 4 heterocycles. The zero-order chi connectivity index (χ0) is 22.5. The number of pyridine rings is 1. The Hall–Kier alpha value is -3.11. The molecule has 11 heteroatoms. The van der Waals surface area contributed by atoms with Crippen LogP contribution < -0.4 is 5.73 Å². The maximum atomic E-state index is 13.7. The number of aromatic nitrogens is 4. The third-order valence-corrected chi connectivity index (χ3v) is 5.65. The number of amides is 1. The van der Waals surface area contributed by atoms with Gasteiger partial charge in [0.2, 0.25) is 0 Å². The Kier molecular flexibility index (Phi) is 5.14. The number of piperidine rings is 1. The molecule has 1 amide bonds. The van der Waals surface area contributed by atoms with E-state index in [1.54, 1.807) is 11.8 Å². The molecule has 0 radical (unpaired) electrons. The lowest BCUT2D eigenvalue weighted by molar-refractivity contribution is -0.136. The second-order valence-electron chi connectivity index (χ2n) is 8.17. The average molecular weight is 436 g/mol. The highest BCUT2D eigenvalue weighted by Crippen LogP contribution is 2.39. The molecule has 3 aromatic heterocycles. The molecular weight excluding hydrogens is 413 g/mol. The zero-order valence-corrected chi connectivity index (χ0v) is 17.4. The standard InChI is InChI=1S/C20H23F3N6O2/c1-9(2)16-14(10(3)31-28-16)19(30)29-6-4-5-11(8-29)13-7-12(20(21,22)23)15-17(24)26-27-18(15)25-13/h7,9,11H,4-6,8H2,1-3H3,(H3,24,25,26,27)/t11-/m1/s1. The smallest absolute Gasteiger partial charge is 0.383 e. The lowest BCUT2D eigenvalue weighted by Gasteiger charge is -2.33. The molecule has 8 nitrogen and oxygen atoms in total. The van der Waals surface area contributed by atoms with Crippen LogP contribution in [0.3, 0.4) is 0 Å². The van der Waals surface area contributed by atoms with Crippen molar-refractivity contribution in [3.8, 4) is 0 Å². The van der Waals surface area contributed by atoms with Crippen LogP contribution in [0.15, 0.2) is 10.6 Å². The van der Waals surface area contributed by atoms with Crippen LogP contribution in [0.2, 0.25) is 0 Å². The summed E-state index contributed by atoms with van der Waals surface area (Å²) >= 11 is 0. The van der Waals surface area contributed by atoms with Gasteiger partial charge in [-0.2, -0.15) is 18.3 Å². The van der Waals surface area contributed by atoms with Crippen LogP contribution in [0.5, 0.6) is 0 Å². The van der Waals surface area contributed by atoms with E-state index in [-0.39, 0.29) is 46.8 Å². The Morgan fingerprint density at radius 2 is 2.13 bits per heavy atom. The molecule has 0 aliphatic carbocycles. The predicted molar refractivity (Wildman–Crippen MR) is 107 cm³/mol. The van der Waals surface area contributed by atoms with Gasteiger partial charge >= 0.3 is 6.18 Å².